The van der Waals surface area contributed by atoms with Crippen molar-refractivity contribution in [2.45, 2.75) is 50.6 Å². The van der Waals surface area contributed by atoms with Crippen LogP contribution in [0.1, 0.15) is 36.5 Å². The molecule has 0 aromatic heterocycles. The second-order valence-electron chi connectivity index (χ2n) is 10.8. The fourth-order valence-corrected chi connectivity index (χ4v) is 6.97. The Morgan fingerprint density at radius 1 is 0.889 bits per heavy atom. The number of nitrogens with zero attached hydrogens (tertiary/aromatic N) is 2. The van der Waals surface area contributed by atoms with Gasteiger partial charge in [-0.3, -0.25) is 13.9 Å². The standard InChI is InChI=1S/C35H37BrClN3O4S/c1-3-4-21-38-35(42)33(23-27-11-7-5-8-12-27)39(24-28-15-17-29(36)18-16-28)34(41)25-40(32-20-19-30(37)22-26(32)2)45(43,44)31-13-9-6-10-14-31/h5-20,22,33H,3-4,21,23-25H2,1-2H3,(H,38,42)/t33-/m0/s1. The Morgan fingerprint density at radius 2 is 1.53 bits per heavy atom. The third kappa shape index (κ3) is 9.19. The number of unbranched alkanes of at least 4 members (excludes halogenated alkanes) is 1. The molecule has 1 N–H and O–H groups in total. The zero-order valence-corrected chi connectivity index (χ0v) is 28.5. The average Bonchev–Trinajstić information content (AvgIpc) is 3.03. The van der Waals surface area contributed by atoms with Crippen LogP contribution in [0.5, 0.6) is 0 Å². The molecule has 0 bridgehead atoms. The van der Waals surface area contributed by atoms with Crippen LogP contribution >= 0.6 is 27.5 Å². The lowest BCUT2D eigenvalue weighted by molar-refractivity contribution is -0.140. The van der Waals surface area contributed by atoms with Crippen LogP contribution in [0.4, 0.5) is 5.69 Å². The van der Waals surface area contributed by atoms with Crippen molar-refractivity contribution < 1.29 is 18.0 Å². The summed E-state index contributed by atoms with van der Waals surface area (Å²) in [4.78, 5) is 29.9. The minimum atomic E-state index is -4.18. The molecule has 1 atom stereocenters. The third-order valence-corrected chi connectivity index (χ3v) is 9.94. The zero-order chi connectivity index (χ0) is 32.4. The molecule has 0 radical (unpaired) electrons. The molecule has 2 amide bonds. The summed E-state index contributed by atoms with van der Waals surface area (Å²) in [5.41, 5.74) is 2.59. The number of nitrogens with one attached hydrogen (secondary N) is 1. The quantitative estimate of drug-likeness (QED) is 0.141. The molecule has 0 unspecified atom stereocenters. The minimum Gasteiger partial charge on any atom is -0.354 e. The van der Waals surface area contributed by atoms with Gasteiger partial charge in [0.1, 0.15) is 12.6 Å². The molecule has 4 rings (SSSR count). The van der Waals surface area contributed by atoms with Crippen LogP contribution in [0.2, 0.25) is 5.02 Å². The van der Waals surface area contributed by atoms with Crippen molar-refractivity contribution in [2.75, 3.05) is 17.4 Å². The van der Waals surface area contributed by atoms with Gasteiger partial charge in [-0.1, -0.05) is 102 Å². The van der Waals surface area contributed by atoms with Crippen molar-refractivity contribution in [3.05, 3.63) is 129 Å². The van der Waals surface area contributed by atoms with Crippen LogP contribution in [0.15, 0.2) is 112 Å². The average molecular weight is 711 g/mol. The molecule has 45 heavy (non-hydrogen) atoms. The fraction of sp³-hybridized carbons (Fsp3) is 0.257. The van der Waals surface area contributed by atoms with Gasteiger partial charge >= 0.3 is 0 Å². The summed E-state index contributed by atoms with van der Waals surface area (Å²) >= 11 is 9.68. The number of hydrogen-bond acceptors (Lipinski definition) is 4. The van der Waals surface area contributed by atoms with E-state index in [0.29, 0.717) is 22.8 Å². The molecule has 4 aromatic carbocycles. The molecule has 0 aliphatic carbocycles. The molecule has 0 fully saturated rings. The van der Waals surface area contributed by atoms with Gasteiger partial charge in [0.15, 0.2) is 0 Å². The van der Waals surface area contributed by atoms with Gasteiger partial charge in [-0.15, -0.1) is 0 Å². The lowest BCUT2D eigenvalue weighted by Gasteiger charge is -2.34. The smallest absolute Gasteiger partial charge is 0.264 e. The molecule has 10 heteroatoms. The second-order valence-corrected chi connectivity index (χ2v) is 14.0. The summed E-state index contributed by atoms with van der Waals surface area (Å²) < 4.78 is 30.2. The molecule has 236 valence electrons. The first-order chi connectivity index (χ1) is 21.6. The molecule has 0 saturated carbocycles. The first kappa shape index (κ1) is 34.2. The van der Waals surface area contributed by atoms with Gasteiger partial charge < -0.3 is 10.2 Å². The topological polar surface area (TPSA) is 86.8 Å². The highest BCUT2D eigenvalue weighted by molar-refractivity contribution is 9.10. The van der Waals surface area contributed by atoms with Crippen LogP contribution < -0.4 is 9.62 Å². The number of hydrogen-bond donors (Lipinski definition) is 1. The van der Waals surface area contributed by atoms with E-state index in [2.05, 4.69) is 21.2 Å². The van der Waals surface area contributed by atoms with Crippen molar-refractivity contribution >= 4 is 55.1 Å². The highest BCUT2D eigenvalue weighted by Gasteiger charge is 2.35. The number of aryl methyl sites for hydroxylation is 1. The van der Waals surface area contributed by atoms with E-state index in [9.17, 15) is 18.0 Å². The summed E-state index contributed by atoms with van der Waals surface area (Å²) in [7, 11) is -4.18. The Morgan fingerprint density at radius 3 is 2.16 bits per heavy atom. The number of halogens is 2. The van der Waals surface area contributed by atoms with Crippen molar-refractivity contribution in [1.29, 1.82) is 0 Å². The maximum absolute atomic E-state index is 14.5. The van der Waals surface area contributed by atoms with Gasteiger partial charge in [0.05, 0.1) is 10.6 Å². The molecular formula is C35H37BrClN3O4S. The van der Waals surface area contributed by atoms with Crippen molar-refractivity contribution in [3.63, 3.8) is 0 Å². The molecule has 0 heterocycles. The van der Waals surface area contributed by atoms with E-state index in [1.54, 1.807) is 43.3 Å². The zero-order valence-electron chi connectivity index (χ0n) is 25.3. The second kappa shape index (κ2) is 16.1. The number of amides is 2. The largest absolute Gasteiger partial charge is 0.354 e. The van der Waals surface area contributed by atoms with Gasteiger partial charge in [0.2, 0.25) is 11.8 Å². The van der Waals surface area contributed by atoms with E-state index < -0.39 is 28.5 Å². The van der Waals surface area contributed by atoms with E-state index in [4.69, 9.17) is 11.6 Å². The fourth-order valence-electron chi connectivity index (χ4n) is 4.98. The van der Waals surface area contributed by atoms with E-state index in [1.807, 2.05) is 61.5 Å². The number of benzene rings is 4. The normalized spacial score (nSPS) is 11.9. The number of rotatable bonds is 14. The Balaban J connectivity index is 1.80. The van der Waals surface area contributed by atoms with Crippen LogP contribution in [-0.2, 0) is 32.6 Å². The molecule has 7 nitrogen and oxygen atoms in total. The van der Waals surface area contributed by atoms with Crippen LogP contribution in [-0.4, -0.2) is 44.3 Å². The monoisotopic (exact) mass is 709 g/mol. The van der Waals surface area contributed by atoms with Gasteiger partial charge in [0.25, 0.3) is 10.0 Å². The highest BCUT2D eigenvalue weighted by atomic mass is 79.9. The van der Waals surface area contributed by atoms with E-state index in [-0.39, 0.29) is 23.8 Å². The van der Waals surface area contributed by atoms with E-state index in [1.165, 1.54) is 17.0 Å². The van der Waals surface area contributed by atoms with Crippen LogP contribution in [0.25, 0.3) is 0 Å². The number of sulfonamides is 1. The number of carbonyl (C=O) groups excluding carboxylic acids is 2. The molecule has 4 aromatic rings. The summed E-state index contributed by atoms with van der Waals surface area (Å²) in [6, 6.07) is 29.0. The summed E-state index contributed by atoms with van der Waals surface area (Å²) in [6.45, 7) is 3.84. The van der Waals surface area contributed by atoms with Crippen LogP contribution in [0, 0.1) is 6.92 Å². The van der Waals surface area contributed by atoms with Gasteiger partial charge in [-0.25, -0.2) is 8.42 Å². The maximum atomic E-state index is 14.5. The van der Waals surface area contributed by atoms with Gasteiger partial charge in [-0.2, -0.15) is 0 Å². The number of anilines is 1. The molecule has 0 saturated heterocycles. The predicted octanol–water partition coefficient (Wildman–Crippen LogP) is 7.16. The Kier molecular flexibility index (Phi) is 12.2. The molecule has 0 aliphatic heterocycles. The summed E-state index contributed by atoms with van der Waals surface area (Å²) in [6.07, 6.45) is 1.95. The third-order valence-electron chi connectivity index (χ3n) is 7.40. The number of carbonyl (C=O) groups is 2. The van der Waals surface area contributed by atoms with Crippen molar-refractivity contribution in [1.82, 2.24) is 10.2 Å². The predicted molar refractivity (Wildman–Crippen MR) is 184 cm³/mol. The first-order valence-corrected chi connectivity index (χ1v) is 17.4. The molecular weight excluding hydrogens is 674 g/mol. The Bertz CT molecular complexity index is 1690. The maximum Gasteiger partial charge on any atom is 0.264 e. The van der Waals surface area contributed by atoms with Gasteiger partial charge in [0, 0.05) is 29.0 Å². The summed E-state index contributed by atoms with van der Waals surface area (Å²) in [5, 5.41) is 3.45. The van der Waals surface area contributed by atoms with Crippen molar-refractivity contribution in [3.8, 4) is 0 Å². The van der Waals surface area contributed by atoms with Gasteiger partial charge in [-0.05, 0) is 72.5 Å². The molecule has 0 spiro atoms. The lowest BCUT2D eigenvalue weighted by atomic mass is 10.0. The summed E-state index contributed by atoms with van der Waals surface area (Å²) in [5.74, 6) is -0.809. The Labute approximate surface area is 279 Å². The SMILES string of the molecule is CCCCNC(=O)[C@H](Cc1ccccc1)N(Cc1ccc(Br)cc1)C(=O)CN(c1ccc(Cl)cc1C)S(=O)(=O)c1ccccc1. The van der Waals surface area contributed by atoms with Crippen molar-refractivity contribution in [2.24, 2.45) is 0 Å². The highest BCUT2D eigenvalue weighted by Crippen LogP contribution is 2.29. The van der Waals surface area contributed by atoms with E-state index in [0.717, 1.165) is 32.7 Å². The lowest BCUT2D eigenvalue weighted by Crippen LogP contribution is -2.53. The minimum absolute atomic E-state index is 0.0461. The molecule has 0 aliphatic rings. The first-order valence-electron chi connectivity index (χ1n) is 14.8. The van der Waals surface area contributed by atoms with E-state index >= 15 is 0 Å². The Hall–Kier alpha value is -3.66. The van der Waals surface area contributed by atoms with Crippen LogP contribution in [0.3, 0.4) is 0 Å².